The zero-order valence-corrected chi connectivity index (χ0v) is 20.7. The minimum Gasteiger partial charge on any atom is -0.493 e. The molecule has 0 radical (unpaired) electrons. The summed E-state index contributed by atoms with van der Waals surface area (Å²) in [4.78, 5) is 38.5. The van der Waals surface area contributed by atoms with E-state index in [-0.39, 0.29) is 5.57 Å². The lowest BCUT2D eigenvalue weighted by atomic mass is 10.1. The number of ether oxygens (including phenoxy) is 2. The van der Waals surface area contributed by atoms with Gasteiger partial charge in [-0.05, 0) is 72.3 Å². The van der Waals surface area contributed by atoms with Crippen molar-refractivity contribution in [3.05, 3.63) is 93.4 Å². The minimum absolute atomic E-state index is 0.138. The van der Waals surface area contributed by atoms with Gasteiger partial charge in [0.05, 0.1) is 18.9 Å². The third kappa shape index (κ3) is 6.29. The molecule has 35 heavy (non-hydrogen) atoms. The summed E-state index contributed by atoms with van der Waals surface area (Å²) >= 11 is 9.17. The highest BCUT2D eigenvalue weighted by Crippen LogP contribution is 2.24. The van der Waals surface area contributed by atoms with Crippen molar-refractivity contribution in [3.63, 3.8) is 0 Å². The first-order valence-electron chi connectivity index (χ1n) is 10.7. The Morgan fingerprint density at radius 3 is 2.00 bits per heavy atom. The summed E-state index contributed by atoms with van der Waals surface area (Å²) in [7, 11) is 0. The zero-order chi connectivity index (χ0) is 24.8. The van der Waals surface area contributed by atoms with Gasteiger partial charge in [-0.1, -0.05) is 39.7 Å². The van der Waals surface area contributed by atoms with Crippen molar-refractivity contribution < 1.29 is 23.9 Å². The first kappa shape index (κ1) is 24.5. The first-order chi connectivity index (χ1) is 16.9. The van der Waals surface area contributed by atoms with Crippen molar-refractivity contribution in [2.24, 2.45) is 0 Å². The predicted octanol–water partition coefficient (Wildman–Crippen LogP) is 5.62. The van der Waals surface area contributed by atoms with Gasteiger partial charge in [-0.15, -0.1) is 0 Å². The third-order valence-corrected chi connectivity index (χ3v) is 5.80. The molecule has 0 bridgehead atoms. The Balaban J connectivity index is 1.35. The maximum Gasteiger partial charge on any atom is 0.335 e. The second-order valence-corrected chi connectivity index (χ2v) is 8.86. The van der Waals surface area contributed by atoms with Gasteiger partial charge in [-0.2, -0.15) is 0 Å². The van der Waals surface area contributed by atoms with Gasteiger partial charge >= 0.3 is 6.03 Å². The van der Waals surface area contributed by atoms with E-state index < -0.39 is 17.8 Å². The van der Waals surface area contributed by atoms with Gasteiger partial charge in [-0.25, -0.2) is 9.69 Å². The molecule has 7 nitrogen and oxygen atoms in total. The molecule has 0 unspecified atom stereocenters. The van der Waals surface area contributed by atoms with Crippen LogP contribution in [-0.2, 0) is 9.59 Å². The SMILES string of the molecule is O=C1NC(=O)N(c2ccc(Br)cc2)C(=O)/C1=C\c1ccc(OCCCOc2ccc(Cl)cc2)cc1. The van der Waals surface area contributed by atoms with Crippen LogP contribution in [0.1, 0.15) is 12.0 Å². The number of halogens is 2. The topological polar surface area (TPSA) is 84.9 Å². The van der Waals surface area contributed by atoms with Crippen molar-refractivity contribution in [3.8, 4) is 11.5 Å². The number of barbiturate groups is 1. The Hall–Kier alpha value is -3.62. The number of amides is 4. The molecule has 1 saturated heterocycles. The normalized spacial score (nSPS) is 14.7. The molecule has 178 valence electrons. The highest BCUT2D eigenvalue weighted by Gasteiger charge is 2.36. The maximum absolute atomic E-state index is 12.9. The fraction of sp³-hybridized carbons (Fsp3) is 0.115. The molecule has 4 rings (SSSR count). The van der Waals surface area contributed by atoms with Crippen LogP contribution in [0.5, 0.6) is 11.5 Å². The molecule has 0 saturated carbocycles. The van der Waals surface area contributed by atoms with E-state index in [0.717, 1.165) is 15.1 Å². The van der Waals surface area contributed by atoms with E-state index in [9.17, 15) is 14.4 Å². The molecular weight excluding hydrogens is 536 g/mol. The number of hydrogen-bond acceptors (Lipinski definition) is 5. The molecule has 3 aromatic rings. The molecule has 9 heteroatoms. The number of carbonyl (C=O) groups is 3. The van der Waals surface area contributed by atoms with Crippen LogP contribution < -0.4 is 19.7 Å². The number of urea groups is 1. The Bertz CT molecular complexity index is 1260. The summed E-state index contributed by atoms with van der Waals surface area (Å²) < 4.78 is 12.2. The average Bonchev–Trinajstić information content (AvgIpc) is 2.84. The van der Waals surface area contributed by atoms with E-state index in [1.54, 1.807) is 60.7 Å². The fourth-order valence-corrected chi connectivity index (χ4v) is 3.67. The summed E-state index contributed by atoms with van der Waals surface area (Å²) in [5, 5.41) is 2.87. The van der Waals surface area contributed by atoms with Gasteiger partial charge in [-0.3, -0.25) is 14.9 Å². The number of rotatable bonds is 8. The number of nitrogens with one attached hydrogen (secondary N) is 1. The standard InChI is InChI=1S/C26H20BrClN2O5/c27-18-4-8-20(9-5-18)30-25(32)23(24(31)29-26(30)33)16-17-2-10-21(11-3-17)34-14-1-15-35-22-12-6-19(28)7-13-22/h2-13,16H,1,14-15H2,(H,29,31,33)/b23-16-. The Morgan fingerprint density at radius 1 is 0.829 bits per heavy atom. The summed E-state index contributed by atoms with van der Waals surface area (Å²) in [5.74, 6) is -0.0466. The van der Waals surface area contributed by atoms with Gasteiger partial charge < -0.3 is 9.47 Å². The molecule has 1 fully saturated rings. The van der Waals surface area contributed by atoms with Gasteiger partial charge in [0.25, 0.3) is 11.8 Å². The molecule has 0 aliphatic carbocycles. The Kier molecular flexibility index (Phi) is 7.84. The van der Waals surface area contributed by atoms with E-state index >= 15 is 0 Å². The summed E-state index contributed by atoms with van der Waals surface area (Å²) in [6.45, 7) is 0.954. The monoisotopic (exact) mass is 554 g/mol. The number of hydrogen-bond donors (Lipinski definition) is 1. The van der Waals surface area contributed by atoms with Gasteiger partial charge in [0, 0.05) is 15.9 Å². The van der Waals surface area contributed by atoms with Gasteiger partial charge in [0.2, 0.25) is 0 Å². The smallest absolute Gasteiger partial charge is 0.335 e. The summed E-state index contributed by atoms with van der Waals surface area (Å²) in [5.41, 5.74) is 0.838. The number of nitrogens with zero attached hydrogens (tertiary/aromatic N) is 1. The second kappa shape index (κ2) is 11.2. The van der Waals surface area contributed by atoms with Crippen LogP contribution in [-0.4, -0.2) is 31.1 Å². The summed E-state index contributed by atoms with van der Waals surface area (Å²) in [6.07, 6.45) is 2.13. The molecule has 0 aromatic heterocycles. The zero-order valence-electron chi connectivity index (χ0n) is 18.4. The quantitative estimate of drug-likeness (QED) is 0.222. The van der Waals surface area contributed by atoms with Crippen LogP contribution in [0.15, 0.2) is 82.8 Å². The lowest BCUT2D eigenvalue weighted by Crippen LogP contribution is -2.54. The van der Waals surface area contributed by atoms with Gasteiger partial charge in [0.1, 0.15) is 17.1 Å². The predicted molar refractivity (Wildman–Crippen MR) is 137 cm³/mol. The van der Waals surface area contributed by atoms with E-state index in [2.05, 4.69) is 21.2 Å². The van der Waals surface area contributed by atoms with Crippen LogP contribution >= 0.6 is 27.5 Å². The lowest BCUT2D eigenvalue weighted by Gasteiger charge is -2.26. The second-order valence-electron chi connectivity index (χ2n) is 7.51. The molecule has 0 spiro atoms. The van der Waals surface area contributed by atoms with E-state index in [0.29, 0.717) is 41.7 Å². The molecule has 1 aliphatic rings. The Morgan fingerprint density at radius 2 is 1.40 bits per heavy atom. The number of benzene rings is 3. The average molecular weight is 556 g/mol. The molecule has 1 heterocycles. The molecule has 1 aliphatic heterocycles. The molecule has 1 N–H and O–H groups in total. The minimum atomic E-state index is -0.789. The van der Waals surface area contributed by atoms with Crippen LogP contribution in [0.2, 0.25) is 5.02 Å². The van der Waals surface area contributed by atoms with E-state index in [1.165, 1.54) is 6.08 Å². The maximum atomic E-state index is 12.9. The summed E-state index contributed by atoms with van der Waals surface area (Å²) in [6, 6.07) is 20.0. The number of anilines is 1. The number of imide groups is 2. The van der Waals surface area contributed by atoms with Gasteiger partial charge in [0.15, 0.2) is 0 Å². The third-order valence-electron chi connectivity index (χ3n) is 5.02. The number of carbonyl (C=O) groups excluding carboxylic acids is 3. The van der Waals surface area contributed by atoms with Crippen LogP contribution in [0.3, 0.4) is 0 Å². The van der Waals surface area contributed by atoms with Crippen LogP contribution in [0.4, 0.5) is 10.5 Å². The highest BCUT2D eigenvalue weighted by molar-refractivity contribution is 9.10. The molecule has 4 amide bonds. The highest BCUT2D eigenvalue weighted by atomic mass is 79.9. The van der Waals surface area contributed by atoms with E-state index in [1.807, 2.05) is 12.1 Å². The van der Waals surface area contributed by atoms with Crippen molar-refractivity contribution in [2.45, 2.75) is 6.42 Å². The Labute approximate surface area is 215 Å². The van der Waals surface area contributed by atoms with Crippen molar-refractivity contribution in [2.75, 3.05) is 18.1 Å². The fourth-order valence-electron chi connectivity index (χ4n) is 3.28. The van der Waals surface area contributed by atoms with E-state index in [4.69, 9.17) is 21.1 Å². The van der Waals surface area contributed by atoms with Crippen molar-refractivity contribution in [1.82, 2.24) is 5.32 Å². The largest absolute Gasteiger partial charge is 0.493 e. The molecular formula is C26H20BrClN2O5. The van der Waals surface area contributed by atoms with Crippen LogP contribution in [0.25, 0.3) is 6.08 Å². The van der Waals surface area contributed by atoms with Crippen LogP contribution in [0, 0.1) is 0 Å². The van der Waals surface area contributed by atoms with Crippen molar-refractivity contribution >= 4 is 57.1 Å². The molecule has 3 aromatic carbocycles. The first-order valence-corrected chi connectivity index (χ1v) is 11.9. The lowest BCUT2D eigenvalue weighted by molar-refractivity contribution is -0.122. The van der Waals surface area contributed by atoms with Crippen molar-refractivity contribution in [1.29, 1.82) is 0 Å². The molecule has 0 atom stereocenters.